The number of hydrogen-bond acceptors (Lipinski definition) is 4. The third-order valence-corrected chi connectivity index (χ3v) is 5.71. The molecule has 0 bridgehead atoms. The van der Waals surface area contributed by atoms with Gasteiger partial charge in [-0.2, -0.15) is 0 Å². The second-order valence-electron chi connectivity index (χ2n) is 4.43. The van der Waals surface area contributed by atoms with Gasteiger partial charge in [-0.3, -0.25) is 0 Å². The second kappa shape index (κ2) is 5.07. The molecule has 1 N–H and O–H groups in total. The molecule has 110 valence electrons. The first-order chi connectivity index (χ1) is 9.16. The summed E-state index contributed by atoms with van der Waals surface area (Å²) in [5.41, 5.74) is 0.409. The monoisotopic (exact) mass is 339 g/mol. The van der Waals surface area contributed by atoms with Gasteiger partial charge in [0.25, 0.3) is 0 Å². The molecule has 0 fully saturated rings. The van der Waals surface area contributed by atoms with Crippen molar-refractivity contribution in [3.63, 3.8) is 0 Å². The molecule has 1 aliphatic heterocycles. The lowest BCUT2D eigenvalue weighted by atomic mass is 10.1. The number of rotatable bonds is 3. The van der Waals surface area contributed by atoms with E-state index in [9.17, 15) is 13.2 Å². The van der Waals surface area contributed by atoms with Crippen LogP contribution in [0.25, 0.3) is 0 Å². The van der Waals surface area contributed by atoms with Crippen molar-refractivity contribution >= 4 is 39.2 Å². The maximum absolute atomic E-state index is 12.1. The zero-order valence-corrected chi connectivity index (χ0v) is 12.9. The molecule has 1 aliphatic rings. The molecule has 0 saturated heterocycles. The van der Waals surface area contributed by atoms with E-state index in [0.29, 0.717) is 5.56 Å². The van der Waals surface area contributed by atoms with Gasteiger partial charge in [0.2, 0.25) is 10.0 Å². The van der Waals surface area contributed by atoms with E-state index in [1.54, 1.807) is 0 Å². The van der Waals surface area contributed by atoms with Gasteiger partial charge in [0.1, 0.15) is 15.7 Å². The van der Waals surface area contributed by atoms with Crippen molar-refractivity contribution in [2.45, 2.75) is 17.4 Å². The van der Waals surface area contributed by atoms with Crippen LogP contribution in [0.4, 0.5) is 0 Å². The minimum absolute atomic E-state index is 0.0392. The summed E-state index contributed by atoms with van der Waals surface area (Å²) in [6, 6.07) is 1.31. The summed E-state index contributed by atoms with van der Waals surface area (Å²) in [7, 11) is -1.05. The van der Waals surface area contributed by atoms with Gasteiger partial charge in [0, 0.05) is 26.1 Å². The maximum atomic E-state index is 12.1. The second-order valence-corrected chi connectivity index (χ2v) is 7.30. The fraction of sp³-hybridized carbons (Fsp3) is 0.364. The van der Waals surface area contributed by atoms with Gasteiger partial charge in [-0.15, -0.1) is 0 Å². The Labute approximate surface area is 125 Å². The predicted molar refractivity (Wildman–Crippen MR) is 73.1 cm³/mol. The number of fused-ring (bicyclic) bond motifs is 1. The number of halogens is 2. The van der Waals surface area contributed by atoms with Crippen molar-refractivity contribution in [1.82, 2.24) is 4.31 Å². The molecule has 0 aliphatic carbocycles. The minimum atomic E-state index is -3.78. The molecule has 0 amide bonds. The van der Waals surface area contributed by atoms with Crippen LogP contribution in [-0.2, 0) is 21.2 Å². The Morgan fingerprint density at radius 1 is 1.40 bits per heavy atom. The number of carbonyl (C=O) groups is 1. The van der Waals surface area contributed by atoms with Gasteiger partial charge in [-0.25, -0.2) is 17.5 Å². The van der Waals surface area contributed by atoms with Crippen molar-refractivity contribution in [2.24, 2.45) is 0 Å². The van der Waals surface area contributed by atoms with E-state index in [2.05, 4.69) is 0 Å². The van der Waals surface area contributed by atoms with E-state index in [1.165, 1.54) is 20.2 Å². The molecular formula is C11H11Cl2NO5S. The lowest BCUT2D eigenvalue weighted by molar-refractivity contribution is -0.144. The molecule has 0 radical (unpaired) electrons. The normalized spacial score (nSPS) is 17.9. The number of benzene rings is 1. The topological polar surface area (TPSA) is 83.9 Å². The first-order valence-electron chi connectivity index (χ1n) is 5.49. The van der Waals surface area contributed by atoms with Crippen molar-refractivity contribution in [2.75, 3.05) is 14.1 Å². The largest absolute Gasteiger partial charge is 0.478 e. The molecule has 1 atom stereocenters. The number of ether oxygens (including phenoxy) is 1. The van der Waals surface area contributed by atoms with E-state index in [4.69, 9.17) is 33.0 Å². The summed E-state index contributed by atoms with van der Waals surface area (Å²) in [5, 5.41) is 8.67. The van der Waals surface area contributed by atoms with Crippen molar-refractivity contribution < 1.29 is 23.1 Å². The van der Waals surface area contributed by atoms with Gasteiger partial charge < -0.3 is 9.84 Å². The Balaban J connectivity index is 2.60. The van der Waals surface area contributed by atoms with Crippen LogP contribution in [0.5, 0.6) is 5.75 Å². The summed E-state index contributed by atoms with van der Waals surface area (Å²) in [6.45, 7) is 0. The van der Waals surface area contributed by atoms with Crippen LogP contribution in [0.2, 0.25) is 10.0 Å². The molecule has 1 aromatic rings. The summed E-state index contributed by atoms with van der Waals surface area (Å²) in [6.07, 6.45) is -1.05. The third-order valence-electron chi connectivity index (χ3n) is 2.90. The first kappa shape index (κ1) is 15.4. The van der Waals surface area contributed by atoms with Gasteiger partial charge in [0.05, 0.1) is 5.02 Å². The fourth-order valence-electron chi connectivity index (χ4n) is 1.82. The van der Waals surface area contributed by atoms with Gasteiger partial charge >= 0.3 is 5.97 Å². The predicted octanol–water partition coefficient (Wildman–Crippen LogP) is 1.63. The first-order valence-corrected chi connectivity index (χ1v) is 7.68. The summed E-state index contributed by atoms with van der Waals surface area (Å²) in [4.78, 5) is 10.8. The van der Waals surface area contributed by atoms with Gasteiger partial charge in [-0.1, -0.05) is 23.2 Å². The fourth-order valence-corrected chi connectivity index (χ4v) is 3.59. The molecule has 9 heteroatoms. The lowest BCUT2D eigenvalue weighted by Gasteiger charge is -2.15. The molecule has 6 nitrogen and oxygen atoms in total. The standard InChI is InChI=1S/C11H11Cl2NO5S/c1-14(2)20(17,18)7-4-5-3-6(11(15)16)19-10(5)9(13)8(7)12/h4,6H,3H2,1-2H3,(H,15,16)/t6-/m0/s1. The van der Waals surface area contributed by atoms with Crippen molar-refractivity contribution in [3.05, 3.63) is 21.7 Å². The van der Waals surface area contributed by atoms with Crippen LogP contribution < -0.4 is 4.74 Å². The zero-order chi connectivity index (χ0) is 15.2. The van der Waals surface area contributed by atoms with E-state index in [1.807, 2.05) is 0 Å². The van der Waals surface area contributed by atoms with Gasteiger partial charge in [-0.05, 0) is 6.07 Å². The van der Waals surface area contributed by atoms with Crippen LogP contribution in [0.3, 0.4) is 0 Å². The molecule has 0 aromatic heterocycles. The maximum Gasteiger partial charge on any atom is 0.345 e. The number of hydrogen-bond donors (Lipinski definition) is 1. The molecule has 1 aromatic carbocycles. The lowest BCUT2D eigenvalue weighted by Crippen LogP contribution is -2.24. The quantitative estimate of drug-likeness (QED) is 0.904. The Bertz CT molecular complexity index is 687. The Morgan fingerprint density at radius 3 is 2.50 bits per heavy atom. The number of carboxylic acid groups (broad SMARTS) is 1. The highest BCUT2D eigenvalue weighted by Crippen LogP contribution is 2.44. The molecule has 0 saturated carbocycles. The van der Waals surface area contributed by atoms with Crippen LogP contribution in [0.1, 0.15) is 5.56 Å². The summed E-state index contributed by atoms with van der Waals surface area (Å²) in [5.74, 6) is -1.02. The Kier molecular flexibility index (Phi) is 3.90. The van der Waals surface area contributed by atoms with Crippen LogP contribution in [0, 0.1) is 0 Å². The third kappa shape index (κ3) is 2.35. The zero-order valence-electron chi connectivity index (χ0n) is 10.6. The van der Waals surface area contributed by atoms with E-state index in [-0.39, 0.29) is 27.1 Å². The summed E-state index contributed by atoms with van der Waals surface area (Å²) < 4.78 is 30.5. The van der Waals surface area contributed by atoms with Crippen LogP contribution in [0.15, 0.2) is 11.0 Å². The Morgan fingerprint density at radius 2 is 2.00 bits per heavy atom. The number of aliphatic carboxylic acids is 1. The highest BCUT2D eigenvalue weighted by Gasteiger charge is 2.35. The molecule has 0 spiro atoms. The molecular weight excluding hydrogens is 329 g/mol. The summed E-state index contributed by atoms with van der Waals surface area (Å²) >= 11 is 12.0. The van der Waals surface area contributed by atoms with Crippen LogP contribution >= 0.6 is 23.2 Å². The molecule has 1 heterocycles. The molecule has 2 rings (SSSR count). The van der Waals surface area contributed by atoms with Crippen LogP contribution in [-0.4, -0.2) is 44.0 Å². The average Bonchev–Trinajstić information content (AvgIpc) is 2.77. The van der Waals surface area contributed by atoms with E-state index < -0.39 is 22.1 Å². The van der Waals surface area contributed by atoms with E-state index >= 15 is 0 Å². The number of carboxylic acids is 1. The Hall–Kier alpha value is -1.02. The highest BCUT2D eigenvalue weighted by atomic mass is 35.5. The minimum Gasteiger partial charge on any atom is -0.478 e. The smallest absolute Gasteiger partial charge is 0.345 e. The van der Waals surface area contributed by atoms with Crippen molar-refractivity contribution in [3.8, 4) is 5.75 Å². The number of nitrogens with zero attached hydrogens (tertiary/aromatic N) is 1. The molecule has 0 unspecified atom stereocenters. The van der Waals surface area contributed by atoms with E-state index in [0.717, 1.165) is 4.31 Å². The average molecular weight is 340 g/mol. The molecule has 20 heavy (non-hydrogen) atoms. The van der Waals surface area contributed by atoms with Crippen molar-refractivity contribution in [1.29, 1.82) is 0 Å². The highest BCUT2D eigenvalue weighted by molar-refractivity contribution is 7.89. The van der Waals surface area contributed by atoms with Gasteiger partial charge in [0.15, 0.2) is 6.10 Å². The number of sulfonamides is 1. The SMILES string of the molecule is CN(C)S(=O)(=O)c1cc2c(c(Cl)c1Cl)O[C@H](C(=O)O)C2.